The van der Waals surface area contributed by atoms with Crippen LogP contribution in [0.4, 0.5) is 0 Å². The number of piperidine rings is 1. The molecule has 0 spiro atoms. The number of rotatable bonds is 4. The first-order valence-electron chi connectivity index (χ1n) is 6.07. The molecule has 0 radical (unpaired) electrons. The minimum absolute atomic E-state index is 0.00219. The van der Waals surface area contributed by atoms with Crippen LogP contribution < -0.4 is 0 Å². The van der Waals surface area contributed by atoms with Gasteiger partial charge in [0, 0.05) is 6.04 Å². The van der Waals surface area contributed by atoms with E-state index in [1.807, 2.05) is 13.8 Å². The van der Waals surface area contributed by atoms with Crippen molar-refractivity contribution in [3.63, 3.8) is 0 Å². The summed E-state index contributed by atoms with van der Waals surface area (Å²) in [6, 6.07) is 0.582. The van der Waals surface area contributed by atoms with E-state index in [9.17, 15) is 4.79 Å². The molecule has 0 bridgehead atoms. The summed E-state index contributed by atoms with van der Waals surface area (Å²) < 4.78 is 5.17. The van der Waals surface area contributed by atoms with E-state index in [1.54, 1.807) is 0 Å². The third-order valence-electron chi connectivity index (χ3n) is 2.92. The molecule has 0 N–H and O–H groups in total. The van der Waals surface area contributed by atoms with Gasteiger partial charge >= 0.3 is 5.97 Å². The molecule has 3 heteroatoms. The fourth-order valence-electron chi connectivity index (χ4n) is 2.20. The quantitative estimate of drug-likeness (QED) is 0.670. The number of carbonyl (C=O) groups is 1. The lowest BCUT2D eigenvalue weighted by atomic mass is 10.0. The topological polar surface area (TPSA) is 29.5 Å². The zero-order valence-corrected chi connectivity index (χ0v) is 10.2. The predicted octanol–water partition coefficient (Wildman–Crippen LogP) is 2.20. The Morgan fingerprint density at radius 3 is 2.80 bits per heavy atom. The van der Waals surface area contributed by atoms with Crippen molar-refractivity contribution < 1.29 is 9.53 Å². The molecule has 88 valence electrons. The van der Waals surface area contributed by atoms with Crippen molar-refractivity contribution in [3.05, 3.63) is 0 Å². The van der Waals surface area contributed by atoms with E-state index in [2.05, 4.69) is 11.8 Å². The number of hydrogen-bond donors (Lipinski definition) is 0. The van der Waals surface area contributed by atoms with Crippen molar-refractivity contribution in [2.24, 2.45) is 0 Å². The van der Waals surface area contributed by atoms with Crippen molar-refractivity contribution in [2.75, 3.05) is 13.1 Å². The highest BCUT2D eigenvalue weighted by atomic mass is 16.5. The highest BCUT2D eigenvalue weighted by Crippen LogP contribution is 2.19. The van der Waals surface area contributed by atoms with Gasteiger partial charge in [0.25, 0.3) is 0 Å². The molecule has 1 unspecified atom stereocenters. The highest BCUT2D eigenvalue weighted by Gasteiger charge is 2.23. The van der Waals surface area contributed by atoms with Crippen LogP contribution in [0.25, 0.3) is 0 Å². The first kappa shape index (κ1) is 12.5. The monoisotopic (exact) mass is 213 g/mol. The molecule has 1 heterocycles. The van der Waals surface area contributed by atoms with Crippen LogP contribution in [0, 0.1) is 0 Å². The molecule has 0 aromatic heterocycles. The van der Waals surface area contributed by atoms with Gasteiger partial charge in [0.15, 0.2) is 0 Å². The molecule has 1 saturated heterocycles. The third-order valence-corrected chi connectivity index (χ3v) is 2.92. The van der Waals surface area contributed by atoms with E-state index in [-0.39, 0.29) is 12.1 Å². The van der Waals surface area contributed by atoms with Crippen LogP contribution in [0.3, 0.4) is 0 Å². The van der Waals surface area contributed by atoms with Crippen LogP contribution in [0.5, 0.6) is 0 Å². The minimum Gasteiger partial charge on any atom is -0.462 e. The number of ether oxygens (including phenoxy) is 1. The molecule has 0 aliphatic carbocycles. The largest absolute Gasteiger partial charge is 0.462 e. The van der Waals surface area contributed by atoms with Gasteiger partial charge in [0.05, 0.1) is 12.6 Å². The zero-order chi connectivity index (χ0) is 11.3. The van der Waals surface area contributed by atoms with Gasteiger partial charge in [-0.3, -0.25) is 9.69 Å². The van der Waals surface area contributed by atoms with Crippen LogP contribution in [0.15, 0.2) is 0 Å². The van der Waals surface area contributed by atoms with E-state index in [4.69, 9.17) is 4.74 Å². The molecule has 15 heavy (non-hydrogen) atoms. The number of nitrogens with zero attached hydrogens (tertiary/aromatic N) is 1. The molecule has 0 aromatic carbocycles. The lowest BCUT2D eigenvalue weighted by Crippen LogP contribution is -2.42. The smallest absolute Gasteiger partial charge is 0.320 e. The molecule has 1 rings (SSSR count). The maximum Gasteiger partial charge on any atom is 0.320 e. The lowest BCUT2D eigenvalue weighted by Gasteiger charge is -2.34. The molecule has 0 aromatic rings. The Balaban J connectivity index is 2.37. The van der Waals surface area contributed by atoms with Crippen molar-refractivity contribution in [2.45, 2.75) is 58.6 Å². The normalized spacial score (nSPS) is 23.1. The molecule has 1 aliphatic heterocycles. The van der Waals surface area contributed by atoms with E-state index in [0.717, 1.165) is 13.0 Å². The number of likely N-dealkylation sites (tertiary alicyclic amines) is 1. The lowest BCUT2D eigenvalue weighted by molar-refractivity contribution is -0.149. The second-order valence-electron chi connectivity index (χ2n) is 4.57. The van der Waals surface area contributed by atoms with Crippen LogP contribution in [-0.2, 0) is 9.53 Å². The van der Waals surface area contributed by atoms with Crippen molar-refractivity contribution in [1.82, 2.24) is 4.90 Å². The Hall–Kier alpha value is -0.570. The first-order chi connectivity index (χ1) is 7.13. The van der Waals surface area contributed by atoms with Crippen LogP contribution in [0.2, 0.25) is 0 Å². The molecule has 0 saturated carbocycles. The molecular weight excluding hydrogens is 190 g/mol. The zero-order valence-electron chi connectivity index (χ0n) is 10.2. The Bertz CT molecular complexity index is 204. The Kier molecular flexibility index (Phi) is 5.09. The van der Waals surface area contributed by atoms with Crippen molar-refractivity contribution in [1.29, 1.82) is 0 Å². The van der Waals surface area contributed by atoms with Gasteiger partial charge in [0.2, 0.25) is 0 Å². The van der Waals surface area contributed by atoms with Gasteiger partial charge in [-0.05, 0) is 39.7 Å². The molecule has 1 atom stereocenters. The molecular formula is C12H23NO2. The van der Waals surface area contributed by atoms with Crippen molar-refractivity contribution >= 4 is 5.97 Å². The minimum atomic E-state index is -0.0784. The Morgan fingerprint density at radius 2 is 2.20 bits per heavy atom. The maximum absolute atomic E-state index is 11.5. The summed E-state index contributed by atoms with van der Waals surface area (Å²) in [5.41, 5.74) is 0. The van der Waals surface area contributed by atoms with E-state index in [0.29, 0.717) is 12.6 Å². The summed E-state index contributed by atoms with van der Waals surface area (Å²) >= 11 is 0. The maximum atomic E-state index is 11.5. The van der Waals surface area contributed by atoms with Gasteiger partial charge in [-0.1, -0.05) is 13.3 Å². The van der Waals surface area contributed by atoms with Crippen LogP contribution >= 0.6 is 0 Å². The summed E-state index contributed by atoms with van der Waals surface area (Å²) in [6.45, 7) is 7.50. The summed E-state index contributed by atoms with van der Waals surface area (Å²) in [4.78, 5) is 13.8. The highest BCUT2D eigenvalue weighted by molar-refractivity contribution is 5.71. The average molecular weight is 213 g/mol. The summed E-state index contributed by atoms with van der Waals surface area (Å²) in [5, 5.41) is 0. The Labute approximate surface area is 92.8 Å². The molecule has 1 aliphatic rings. The van der Waals surface area contributed by atoms with Crippen molar-refractivity contribution in [3.8, 4) is 0 Å². The summed E-state index contributed by atoms with van der Waals surface area (Å²) in [7, 11) is 0. The molecule has 3 nitrogen and oxygen atoms in total. The second-order valence-corrected chi connectivity index (χ2v) is 4.57. The Morgan fingerprint density at radius 1 is 1.47 bits per heavy atom. The second kappa shape index (κ2) is 6.11. The number of esters is 1. The third kappa shape index (κ3) is 4.20. The fourth-order valence-corrected chi connectivity index (χ4v) is 2.20. The predicted molar refractivity (Wildman–Crippen MR) is 60.7 cm³/mol. The van der Waals surface area contributed by atoms with Gasteiger partial charge < -0.3 is 4.74 Å². The molecule has 0 amide bonds. The van der Waals surface area contributed by atoms with Crippen LogP contribution in [0.1, 0.15) is 46.5 Å². The van der Waals surface area contributed by atoms with Gasteiger partial charge in [-0.25, -0.2) is 0 Å². The van der Waals surface area contributed by atoms with E-state index in [1.165, 1.54) is 19.3 Å². The van der Waals surface area contributed by atoms with E-state index < -0.39 is 0 Å². The standard InChI is InChI=1S/C12H23NO2/c1-4-11-7-5-6-8-13(11)9-12(14)15-10(2)3/h10-11H,4-9H2,1-3H3. The van der Waals surface area contributed by atoms with E-state index >= 15 is 0 Å². The van der Waals surface area contributed by atoms with Gasteiger partial charge in [-0.15, -0.1) is 0 Å². The average Bonchev–Trinajstić information content (AvgIpc) is 2.17. The number of hydrogen-bond acceptors (Lipinski definition) is 3. The van der Waals surface area contributed by atoms with Gasteiger partial charge in [-0.2, -0.15) is 0 Å². The summed E-state index contributed by atoms with van der Waals surface area (Å²) in [6.07, 6.45) is 4.88. The van der Waals surface area contributed by atoms with Crippen LogP contribution in [-0.4, -0.2) is 36.1 Å². The fraction of sp³-hybridized carbons (Fsp3) is 0.917. The number of carbonyl (C=O) groups excluding carboxylic acids is 1. The molecule has 1 fully saturated rings. The van der Waals surface area contributed by atoms with Gasteiger partial charge in [0.1, 0.15) is 0 Å². The summed E-state index contributed by atoms with van der Waals surface area (Å²) in [5.74, 6) is -0.0784. The SMILES string of the molecule is CCC1CCCCN1CC(=O)OC(C)C. The first-order valence-corrected chi connectivity index (χ1v) is 6.07.